The van der Waals surface area contributed by atoms with Gasteiger partial charge in [-0.25, -0.2) is 0 Å². The second-order valence-electron chi connectivity index (χ2n) is 7.77. The summed E-state index contributed by atoms with van der Waals surface area (Å²) in [5.41, 5.74) is -0.109. The molecular weight excluding hydrogens is 428 g/mol. The molecule has 32 heavy (non-hydrogen) atoms. The van der Waals surface area contributed by atoms with Crippen LogP contribution in [0.15, 0.2) is 47.4 Å². The van der Waals surface area contributed by atoms with Crippen molar-refractivity contribution in [2.24, 2.45) is 5.92 Å². The van der Waals surface area contributed by atoms with E-state index in [1.54, 1.807) is 0 Å². The van der Waals surface area contributed by atoms with E-state index < -0.39 is 72.2 Å². The van der Waals surface area contributed by atoms with Crippen molar-refractivity contribution in [2.45, 2.75) is 36.6 Å². The zero-order chi connectivity index (χ0) is 23.3. The Balaban J connectivity index is 1.69. The van der Waals surface area contributed by atoms with E-state index in [0.717, 1.165) is 12.2 Å². The molecule has 1 aliphatic carbocycles. The first kappa shape index (κ1) is 22.1. The highest BCUT2D eigenvalue weighted by Crippen LogP contribution is 2.41. The van der Waals surface area contributed by atoms with Crippen LogP contribution in [0.1, 0.15) is 5.56 Å². The molecule has 11 heteroatoms. The van der Waals surface area contributed by atoms with Crippen LogP contribution in [0.3, 0.4) is 0 Å². The minimum absolute atomic E-state index is 0.0275. The van der Waals surface area contributed by atoms with Crippen molar-refractivity contribution in [2.75, 3.05) is 6.61 Å². The summed E-state index contributed by atoms with van der Waals surface area (Å²) in [5.74, 6) is -3.94. The molecule has 0 spiro atoms. The number of benzene rings is 1. The van der Waals surface area contributed by atoms with Gasteiger partial charge in [-0.2, -0.15) is 0 Å². The van der Waals surface area contributed by atoms with Crippen molar-refractivity contribution >= 4 is 11.5 Å². The van der Waals surface area contributed by atoms with Crippen LogP contribution >= 0.6 is 0 Å². The number of aliphatic hydroxyl groups is 6. The summed E-state index contributed by atoms with van der Waals surface area (Å²) in [4.78, 5) is 12.8. The molecule has 0 radical (unpaired) electrons. The Kier molecular flexibility index (Phi) is 5.61. The van der Waals surface area contributed by atoms with E-state index >= 15 is 0 Å². The van der Waals surface area contributed by atoms with E-state index in [0.29, 0.717) is 0 Å². The SMILES string of the molecule is O=C1C=C(c2ccc(O)c(O)c2)OC2C=C(O)C(C3OC(CO)[C@@H](O)[C@H](O)[C@H]3O)=C(O)C12. The zero-order valence-electron chi connectivity index (χ0n) is 16.4. The van der Waals surface area contributed by atoms with Gasteiger partial charge in [-0.3, -0.25) is 4.79 Å². The van der Waals surface area contributed by atoms with Crippen LogP contribution in [-0.2, 0) is 14.3 Å². The van der Waals surface area contributed by atoms with Gasteiger partial charge in [-0.15, -0.1) is 0 Å². The summed E-state index contributed by atoms with van der Waals surface area (Å²) in [6, 6.07) is 3.78. The maximum Gasteiger partial charge on any atom is 0.174 e. The van der Waals surface area contributed by atoms with Crippen LogP contribution in [0.4, 0.5) is 0 Å². The normalized spacial score (nSPS) is 35.0. The molecule has 0 bridgehead atoms. The van der Waals surface area contributed by atoms with Gasteiger partial charge in [-0.1, -0.05) is 0 Å². The lowest BCUT2D eigenvalue weighted by atomic mass is 9.80. The van der Waals surface area contributed by atoms with Crippen LogP contribution in [0.2, 0.25) is 0 Å². The number of ether oxygens (including phenoxy) is 2. The van der Waals surface area contributed by atoms with E-state index in [9.17, 15) is 45.6 Å². The molecule has 1 saturated heterocycles. The number of phenols is 2. The van der Waals surface area contributed by atoms with Crippen LogP contribution in [0.5, 0.6) is 11.5 Å². The smallest absolute Gasteiger partial charge is 0.174 e. The molecule has 172 valence electrons. The molecule has 3 aliphatic rings. The molecule has 0 amide bonds. The number of hydrogen-bond acceptors (Lipinski definition) is 11. The fraction of sp³-hybridized carbons (Fsp3) is 0.381. The molecular formula is C21H22O11. The Bertz CT molecular complexity index is 1020. The Morgan fingerprint density at radius 2 is 1.66 bits per heavy atom. The van der Waals surface area contributed by atoms with E-state index in [-0.39, 0.29) is 22.6 Å². The Morgan fingerprint density at radius 1 is 0.938 bits per heavy atom. The fourth-order valence-corrected chi connectivity index (χ4v) is 4.05. The number of allylic oxidation sites excluding steroid dienone is 1. The lowest BCUT2D eigenvalue weighted by Gasteiger charge is -2.42. The summed E-state index contributed by atoms with van der Waals surface area (Å²) >= 11 is 0. The summed E-state index contributed by atoms with van der Waals surface area (Å²) in [6.45, 7) is -0.709. The van der Waals surface area contributed by atoms with Crippen molar-refractivity contribution in [1.82, 2.24) is 0 Å². The molecule has 7 atom stereocenters. The molecule has 0 aromatic heterocycles. The van der Waals surface area contributed by atoms with Gasteiger partial charge < -0.3 is 50.3 Å². The van der Waals surface area contributed by atoms with E-state index in [1.165, 1.54) is 18.2 Å². The first-order chi connectivity index (χ1) is 15.1. The van der Waals surface area contributed by atoms with Crippen molar-refractivity contribution in [1.29, 1.82) is 0 Å². The first-order valence-corrected chi connectivity index (χ1v) is 9.73. The summed E-state index contributed by atoms with van der Waals surface area (Å²) < 4.78 is 11.1. The summed E-state index contributed by atoms with van der Waals surface area (Å²) in [6.07, 6.45) is -6.94. The molecule has 1 fully saturated rings. The number of hydrogen-bond donors (Lipinski definition) is 8. The monoisotopic (exact) mass is 450 g/mol. The standard InChI is InChI=1S/C21H22O11/c22-6-14-17(27)19(29)20(30)21(32-14)16-11(26)5-13-15(18(16)28)10(25)4-12(31-13)7-1-2-8(23)9(24)3-7/h1-5,13-15,17,19-24,26-30H,6H2/t13?,14?,15?,17-,19+,20-,21?/m1/s1. The van der Waals surface area contributed by atoms with Gasteiger partial charge in [0.05, 0.1) is 12.2 Å². The number of rotatable bonds is 3. The quantitative estimate of drug-likeness (QED) is 0.267. The first-order valence-electron chi connectivity index (χ1n) is 9.73. The highest BCUT2D eigenvalue weighted by Gasteiger charge is 2.50. The second kappa shape index (κ2) is 8.11. The molecule has 0 saturated carbocycles. The summed E-state index contributed by atoms with van der Waals surface area (Å²) in [5, 5.41) is 80.2. The number of carbonyl (C=O) groups is 1. The largest absolute Gasteiger partial charge is 0.511 e. The third kappa shape index (κ3) is 3.49. The molecule has 1 aromatic carbocycles. The number of fused-ring (bicyclic) bond motifs is 1. The van der Waals surface area contributed by atoms with Gasteiger partial charge in [0.1, 0.15) is 59.8 Å². The van der Waals surface area contributed by atoms with E-state index in [4.69, 9.17) is 9.47 Å². The lowest BCUT2D eigenvalue weighted by Crippen LogP contribution is -2.59. The third-order valence-electron chi connectivity index (χ3n) is 5.78. The van der Waals surface area contributed by atoms with E-state index in [2.05, 4.69) is 0 Å². The van der Waals surface area contributed by atoms with Crippen LogP contribution in [0, 0.1) is 5.92 Å². The maximum absolute atomic E-state index is 12.8. The number of aromatic hydroxyl groups is 2. The topological polar surface area (TPSA) is 197 Å². The number of ketones is 1. The summed E-state index contributed by atoms with van der Waals surface area (Å²) in [7, 11) is 0. The van der Waals surface area contributed by atoms with Gasteiger partial charge in [-0.05, 0) is 24.3 Å². The lowest BCUT2D eigenvalue weighted by molar-refractivity contribution is -0.220. The molecule has 4 unspecified atom stereocenters. The van der Waals surface area contributed by atoms with Gasteiger partial charge >= 0.3 is 0 Å². The van der Waals surface area contributed by atoms with Crippen molar-refractivity contribution in [3.05, 3.63) is 53.0 Å². The van der Waals surface area contributed by atoms with Crippen LogP contribution in [0.25, 0.3) is 5.76 Å². The molecule has 1 aromatic rings. The van der Waals surface area contributed by atoms with E-state index in [1.807, 2.05) is 0 Å². The van der Waals surface area contributed by atoms with Crippen molar-refractivity contribution < 1.29 is 55.1 Å². The highest BCUT2D eigenvalue weighted by molar-refractivity contribution is 6.01. The highest BCUT2D eigenvalue weighted by atomic mass is 16.5. The molecule has 8 N–H and O–H groups in total. The van der Waals surface area contributed by atoms with Crippen LogP contribution in [-0.4, -0.2) is 89.9 Å². The zero-order valence-corrected chi connectivity index (χ0v) is 16.4. The molecule has 4 rings (SSSR count). The minimum atomic E-state index is -1.78. The number of carbonyl (C=O) groups excluding carboxylic acids is 1. The van der Waals surface area contributed by atoms with Gasteiger partial charge in [0.25, 0.3) is 0 Å². The number of phenolic OH excluding ortho intramolecular Hbond substituents is 2. The average molecular weight is 450 g/mol. The molecule has 2 aliphatic heterocycles. The second-order valence-corrected chi connectivity index (χ2v) is 7.77. The third-order valence-corrected chi connectivity index (χ3v) is 5.78. The van der Waals surface area contributed by atoms with Crippen molar-refractivity contribution in [3.63, 3.8) is 0 Å². The Morgan fingerprint density at radius 3 is 2.31 bits per heavy atom. The predicted molar refractivity (Wildman–Crippen MR) is 105 cm³/mol. The average Bonchev–Trinajstić information content (AvgIpc) is 2.74. The molecule has 2 heterocycles. The van der Waals surface area contributed by atoms with Gasteiger partial charge in [0.2, 0.25) is 0 Å². The number of aliphatic hydroxyl groups excluding tert-OH is 6. The Hall–Kier alpha value is -3.09. The maximum atomic E-state index is 12.8. The Labute approximate surface area is 181 Å². The van der Waals surface area contributed by atoms with Crippen LogP contribution < -0.4 is 0 Å². The minimum Gasteiger partial charge on any atom is -0.511 e. The van der Waals surface area contributed by atoms with Gasteiger partial charge in [0.15, 0.2) is 17.3 Å². The predicted octanol–water partition coefficient (Wildman–Crippen LogP) is -0.867. The fourth-order valence-electron chi connectivity index (χ4n) is 4.05. The molecule has 11 nitrogen and oxygen atoms in total. The van der Waals surface area contributed by atoms with Gasteiger partial charge in [0, 0.05) is 11.6 Å². The van der Waals surface area contributed by atoms with Crippen molar-refractivity contribution in [3.8, 4) is 11.5 Å².